The third-order valence-electron chi connectivity index (χ3n) is 6.92. The van der Waals surface area contributed by atoms with Crippen molar-refractivity contribution in [1.82, 2.24) is 5.32 Å². The van der Waals surface area contributed by atoms with Gasteiger partial charge in [0.25, 0.3) is 0 Å². The van der Waals surface area contributed by atoms with E-state index in [1.54, 1.807) is 27.9 Å². The van der Waals surface area contributed by atoms with E-state index < -0.39 is 22.9 Å². The van der Waals surface area contributed by atoms with Gasteiger partial charge in [0.05, 0.1) is 23.0 Å². The third-order valence-corrected chi connectivity index (χ3v) is 7.20. The van der Waals surface area contributed by atoms with Crippen molar-refractivity contribution < 1.29 is 24.2 Å². The molecule has 1 aliphatic carbocycles. The average molecular weight is 484 g/mol. The Morgan fingerprint density at radius 3 is 2.45 bits per heavy atom. The molecule has 0 aromatic carbocycles. The SMILES string of the molecule is CCCCCC(C/C=C/CCC(=O)NC/C(=C/Cl)C1C(=O)C(C)(C)C(=O)C(C)C1(C)O)OC. The minimum Gasteiger partial charge on any atom is -0.388 e. The summed E-state index contributed by atoms with van der Waals surface area (Å²) >= 11 is 6.00. The van der Waals surface area contributed by atoms with Gasteiger partial charge in [0.2, 0.25) is 5.91 Å². The van der Waals surface area contributed by atoms with Crippen molar-refractivity contribution >= 4 is 29.1 Å². The maximum absolute atomic E-state index is 13.1. The average Bonchev–Trinajstić information content (AvgIpc) is 2.77. The van der Waals surface area contributed by atoms with Gasteiger partial charge in [-0.2, -0.15) is 0 Å². The number of halogens is 1. The van der Waals surface area contributed by atoms with E-state index in [9.17, 15) is 19.5 Å². The highest BCUT2D eigenvalue weighted by Gasteiger charge is 2.58. The molecule has 2 N–H and O–H groups in total. The summed E-state index contributed by atoms with van der Waals surface area (Å²) in [5.41, 5.74) is -1.16. The number of carbonyl (C=O) groups is 3. The highest BCUT2D eigenvalue weighted by molar-refractivity contribution is 6.26. The highest BCUT2D eigenvalue weighted by Crippen LogP contribution is 2.45. The van der Waals surface area contributed by atoms with Crippen LogP contribution in [0.25, 0.3) is 0 Å². The smallest absolute Gasteiger partial charge is 0.220 e. The van der Waals surface area contributed by atoms with Crippen molar-refractivity contribution in [2.45, 2.75) is 91.3 Å². The molecule has 1 amide bonds. The van der Waals surface area contributed by atoms with Crippen LogP contribution < -0.4 is 5.32 Å². The standard InChI is InChI=1S/C26H42ClNO5/c1-7-8-10-13-20(33-6)14-11-9-12-15-21(29)28-17-19(16-27)22-24(31)25(3,4)23(30)18(2)26(22,5)32/h9,11,16,18,20,22,32H,7-8,10,12-15,17H2,1-6H3,(H,28,29)/b11-9+,19-16-. The van der Waals surface area contributed by atoms with Crippen LogP contribution in [0.5, 0.6) is 0 Å². The molecule has 0 radical (unpaired) electrons. The number of aliphatic hydroxyl groups is 1. The quantitative estimate of drug-likeness (QED) is 0.224. The fourth-order valence-corrected chi connectivity index (χ4v) is 4.58. The van der Waals surface area contributed by atoms with Crippen LogP contribution in [0.15, 0.2) is 23.3 Å². The summed E-state index contributed by atoms with van der Waals surface area (Å²) in [6, 6.07) is 0. The van der Waals surface area contributed by atoms with Gasteiger partial charge in [0.1, 0.15) is 0 Å². The van der Waals surface area contributed by atoms with Crippen molar-refractivity contribution in [1.29, 1.82) is 0 Å². The minimum absolute atomic E-state index is 0.0404. The summed E-state index contributed by atoms with van der Waals surface area (Å²) in [7, 11) is 1.73. The van der Waals surface area contributed by atoms with Crippen LogP contribution in [0.2, 0.25) is 0 Å². The lowest BCUT2D eigenvalue weighted by molar-refractivity contribution is -0.164. The van der Waals surface area contributed by atoms with Gasteiger partial charge in [-0.3, -0.25) is 14.4 Å². The van der Waals surface area contributed by atoms with Crippen molar-refractivity contribution in [2.24, 2.45) is 17.3 Å². The Kier molecular flexibility index (Phi) is 12.0. The van der Waals surface area contributed by atoms with Gasteiger partial charge in [-0.15, -0.1) is 0 Å². The second-order valence-corrected chi connectivity index (χ2v) is 10.0. The van der Waals surface area contributed by atoms with Crippen molar-refractivity contribution in [3.63, 3.8) is 0 Å². The van der Waals surface area contributed by atoms with Crippen LogP contribution in [-0.4, -0.2) is 47.9 Å². The molecule has 188 valence electrons. The predicted molar refractivity (Wildman–Crippen MR) is 132 cm³/mol. The van der Waals surface area contributed by atoms with E-state index in [-0.39, 0.29) is 30.1 Å². The zero-order chi connectivity index (χ0) is 25.2. The van der Waals surface area contributed by atoms with Crippen molar-refractivity contribution in [2.75, 3.05) is 13.7 Å². The zero-order valence-electron chi connectivity index (χ0n) is 21.1. The Morgan fingerprint density at radius 2 is 1.88 bits per heavy atom. The fourth-order valence-electron chi connectivity index (χ4n) is 4.37. The number of amides is 1. The Labute approximate surface area is 204 Å². The number of allylic oxidation sites excluding steroid dienone is 1. The summed E-state index contributed by atoms with van der Waals surface area (Å²) in [6.07, 6.45) is 10.5. The van der Waals surface area contributed by atoms with E-state index in [2.05, 4.69) is 18.3 Å². The van der Waals surface area contributed by atoms with E-state index in [0.29, 0.717) is 18.4 Å². The summed E-state index contributed by atoms with van der Waals surface area (Å²) in [5.74, 6) is -2.55. The number of nitrogens with one attached hydrogen (secondary N) is 1. The van der Waals surface area contributed by atoms with Crippen LogP contribution in [0.1, 0.15) is 79.6 Å². The molecule has 0 bridgehead atoms. The molecule has 0 aromatic rings. The Bertz CT molecular complexity index is 741. The fraction of sp³-hybridized carbons (Fsp3) is 0.731. The molecule has 0 saturated heterocycles. The number of ether oxygens (including phenoxy) is 1. The number of unbranched alkanes of at least 4 members (excludes halogenated alkanes) is 2. The van der Waals surface area contributed by atoms with Crippen LogP contribution >= 0.6 is 11.6 Å². The van der Waals surface area contributed by atoms with Crippen molar-refractivity contribution in [3.8, 4) is 0 Å². The first-order valence-corrected chi connectivity index (χ1v) is 12.4. The topological polar surface area (TPSA) is 92.7 Å². The number of hydrogen-bond acceptors (Lipinski definition) is 5. The Balaban J connectivity index is 2.60. The highest BCUT2D eigenvalue weighted by atomic mass is 35.5. The Morgan fingerprint density at radius 1 is 1.21 bits per heavy atom. The number of carbonyl (C=O) groups excluding carboxylic acids is 3. The summed E-state index contributed by atoms with van der Waals surface area (Å²) in [4.78, 5) is 38.0. The lowest BCUT2D eigenvalue weighted by atomic mass is 9.57. The molecule has 4 unspecified atom stereocenters. The van der Waals surface area contributed by atoms with Gasteiger partial charge in [0, 0.05) is 31.5 Å². The molecule has 1 fully saturated rings. The summed E-state index contributed by atoms with van der Waals surface area (Å²) in [6.45, 7) is 8.47. The molecule has 7 heteroatoms. The monoisotopic (exact) mass is 483 g/mol. The van der Waals surface area contributed by atoms with Gasteiger partial charge in [-0.05, 0) is 45.6 Å². The predicted octanol–water partition coefficient (Wildman–Crippen LogP) is 4.73. The second-order valence-electron chi connectivity index (χ2n) is 9.79. The largest absolute Gasteiger partial charge is 0.388 e. The lowest BCUT2D eigenvalue weighted by Gasteiger charge is -2.47. The van der Waals surface area contributed by atoms with Crippen LogP contribution in [0, 0.1) is 17.3 Å². The van der Waals surface area contributed by atoms with Gasteiger partial charge >= 0.3 is 0 Å². The van der Waals surface area contributed by atoms with Gasteiger partial charge < -0.3 is 15.2 Å². The van der Waals surface area contributed by atoms with Gasteiger partial charge in [-0.1, -0.05) is 56.9 Å². The summed E-state index contributed by atoms with van der Waals surface area (Å²) in [5, 5.41) is 13.8. The van der Waals surface area contributed by atoms with Crippen molar-refractivity contribution in [3.05, 3.63) is 23.3 Å². The molecule has 33 heavy (non-hydrogen) atoms. The van der Waals surface area contributed by atoms with Crippen LogP contribution in [0.3, 0.4) is 0 Å². The zero-order valence-corrected chi connectivity index (χ0v) is 21.8. The first-order valence-electron chi connectivity index (χ1n) is 12.0. The first-order chi connectivity index (χ1) is 15.4. The number of ketones is 2. The maximum Gasteiger partial charge on any atom is 0.220 e. The normalized spacial score (nSPS) is 26.6. The number of rotatable bonds is 13. The first kappa shape index (κ1) is 29.5. The molecule has 0 aromatic heterocycles. The van der Waals surface area contributed by atoms with E-state index in [0.717, 1.165) is 19.3 Å². The second kappa shape index (κ2) is 13.4. The van der Waals surface area contributed by atoms with Crippen LogP contribution in [0.4, 0.5) is 0 Å². The molecule has 4 atom stereocenters. The molecular formula is C26H42ClNO5. The molecule has 0 aliphatic heterocycles. The van der Waals surface area contributed by atoms with E-state index in [1.165, 1.54) is 25.3 Å². The maximum atomic E-state index is 13.1. The van der Waals surface area contributed by atoms with E-state index in [4.69, 9.17) is 16.3 Å². The minimum atomic E-state index is -1.58. The lowest BCUT2D eigenvalue weighted by Crippen LogP contribution is -2.61. The van der Waals surface area contributed by atoms with Gasteiger partial charge in [-0.25, -0.2) is 0 Å². The number of methoxy groups -OCH3 is 1. The molecule has 1 saturated carbocycles. The number of Topliss-reactive ketones (excluding diaryl/α,β-unsaturated/α-hetero) is 2. The Hall–Kier alpha value is -1.50. The molecule has 0 spiro atoms. The van der Waals surface area contributed by atoms with E-state index >= 15 is 0 Å². The third kappa shape index (κ3) is 7.76. The summed E-state index contributed by atoms with van der Waals surface area (Å²) < 4.78 is 5.50. The molecule has 6 nitrogen and oxygen atoms in total. The number of hydrogen-bond donors (Lipinski definition) is 2. The molecule has 0 heterocycles. The van der Waals surface area contributed by atoms with E-state index in [1.807, 2.05) is 6.08 Å². The molecule has 1 rings (SSSR count). The van der Waals surface area contributed by atoms with Crippen LogP contribution in [-0.2, 0) is 19.1 Å². The molecular weight excluding hydrogens is 442 g/mol. The molecule has 1 aliphatic rings. The van der Waals surface area contributed by atoms with Gasteiger partial charge in [0.15, 0.2) is 11.6 Å².